The average molecular weight is 247 g/mol. The Labute approximate surface area is 111 Å². The van der Waals surface area contributed by atoms with Crippen molar-refractivity contribution in [1.82, 2.24) is 10.2 Å². The van der Waals surface area contributed by atoms with Crippen LogP contribution in [0.25, 0.3) is 22.4 Å². The maximum atomic E-state index is 5.93. The van der Waals surface area contributed by atoms with E-state index in [4.69, 9.17) is 5.73 Å². The van der Waals surface area contributed by atoms with Gasteiger partial charge in [0.1, 0.15) is 0 Å². The standard InChI is InChI=1S/C16H13N3/c17-16-14(12-7-3-1-4-8-12)11-15(18-19-16)13-9-5-2-6-10-13/h1-11H,(H2,17,19). The summed E-state index contributed by atoms with van der Waals surface area (Å²) in [6.07, 6.45) is 0. The van der Waals surface area contributed by atoms with E-state index in [-0.39, 0.29) is 0 Å². The third-order valence-electron chi connectivity index (χ3n) is 2.98. The molecule has 0 amide bonds. The van der Waals surface area contributed by atoms with E-state index in [1.807, 2.05) is 66.7 Å². The van der Waals surface area contributed by atoms with Gasteiger partial charge < -0.3 is 5.73 Å². The van der Waals surface area contributed by atoms with Crippen LogP contribution in [-0.2, 0) is 0 Å². The number of aromatic nitrogens is 2. The van der Waals surface area contributed by atoms with E-state index >= 15 is 0 Å². The molecule has 19 heavy (non-hydrogen) atoms. The summed E-state index contributed by atoms with van der Waals surface area (Å²) in [6, 6.07) is 21.9. The Bertz CT molecular complexity index is 679. The first-order valence-corrected chi connectivity index (χ1v) is 6.08. The molecule has 0 unspecified atom stereocenters. The maximum Gasteiger partial charge on any atom is 0.154 e. The summed E-state index contributed by atoms with van der Waals surface area (Å²) < 4.78 is 0. The fourth-order valence-electron chi connectivity index (χ4n) is 2.00. The molecule has 0 aliphatic rings. The molecule has 3 aromatic rings. The minimum atomic E-state index is 0.450. The topological polar surface area (TPSA) is 51.8 Å². The normalized spacial score (nSPS) is 10.3. The van der Waals surface area contributed by atoms with E-state index in [1.54, 1.807) is 0 Å². The molecule has 0 atom stereocenters. The smallest absolute Gasteiger partial charge is 0.154 e. The molecular formula is C16H13N3. The van der Waals surface area contributed by atoms with Crippen LogP contribution in [0.3, 0.4) is 0 Å². The fraction of sp³-hybridized carbons (Fsp3) is 0. The van der Waals surface area contributed by atoms with Crippen LogP contribution in [0, 0.1) is 0 Å². The Kier molecular flexibility index (Phi) is 2.94. The molecule has 1 heterocycles. The van der Waals surface area contributed by atoms with Crippen molar-refractivity contribution in [1.29, 1.82) is 0 Å². The molecule has 1 aromatic heterocycles. The third kappa shape index (κ3) is 2.31. The predicted octanol–water partition coefficient (Wildman–Crippen LogP) is 3.39. The second-order valence-corrected chi connectivity index (χ2v) is 4.26. The minimum Gasteiger partial charge on any atom is -0.382 e. The van der Waals surface area contributed by atoms with Crippen LogP contribution in [0.1, 0.15) is 0 Å². The van der Waals surface area contributed by atoms with Gasteiger partial charge in [0.05, 0.1) is 5.69 Å². The average Bonchev–Trinajstić information content (AvgIpc) is 2.49. The van der Waals surface area contributed by atoms with Gasteiger partial charge in [0, 0.05) is 11.1 Å². The molecule has 3 nitrogen and oxygen atoms in total. The highest BCUT2D eigenvalue weighted by molar-refractivity contribution is 5.77. The van der Waals surface area contributed by atoms with Crippen molar-refractivity contribution in [3.63, 3.8) is 0 Å². The Morgan fingerprint density at radius 2 is 1.26 bits per heavy atom. The van der Waals surface area contributed by atoms with E-state index in [0.29, 0.717) is 5.82 Å². The van der Waals surface area contributed by atoms with Crippen LogP contribution in [0.5, 0.6) is 0 Å². The Balaban J connectivity index is 2.12. The lowest BCUT2D eigenvalue weighted by Crippen LogP contribution is -1.98. The van der Waals surface area contributed by atoms with E-state index in [9.17, 15) is 0 Å². The summed E-state index contributed by atoms with van der Waals surface area (Å²) in [5, 5.41) is 8.22. The summed E-state index contributed by atoms with van der Waals surface area (Å²) in [4.78, 5) is 0. The molecule has 0 aliphatic carbocycles. The number of nitrogen functional groups attached to an aromatic ring is 1. The largest absolute Gasteiger partial charge is 0.382 e. The number of rotatable bonds is 2. The zero-order valence-corrected chi connectivity index (χ0v) is 10.3. The van der Waals surface area contributed by atoms with Gasteiger partial charge in [-0.15, -0.1) is 10.2 Å². The lowest BCUT2D eigenvalue weighted by molar-refractivity contribution is 1.05. The monoisotopic (exact) mass is 247 g/mol. The first-order chi connectivity index (χ1) is 9.34. The first kappa shape index (κ1) is 11.4. The quantitative estimate of drug-likeness (QED) is 0.755. The minimum absolute atomic E-state index is 0.450. The van der Waals surface area contributed by atoms with Gasteiger partial charge in [-0.2, -0.15) is 0 Å². The van der Waals surface area contributed by atoms with Gasteiger partial charge >= 0.3 is 0 Å². The highest BCUT2D eigenvalue weighted by Gasteiger charge is 2.07. The number of hydrogen-bond acceptors (Lipinski definition) is 3. The highest BCUT2D eigenvalue weighted by atomic mass is 15.1. The molecule has 0 spiro atoms. The van der Waals surface area contributed by atoms with Crippen LogP contribution in [0.4, 0.5) is 5.82 Å². The third-order valence-corrected chi connectivity index (χ3v) is 2.98. The maximum absolute atomic E-state index is 5.93. The highest BCUT2D eigenvalue weighted by Crippen LogP contribution is 2.27. The van der Waals surface area contributed by atoms with Gasteiger partial charge in [-0.3, -0.25) is 0 Å². The zero-order valence-electron chi connectivity index (χ0n) is 10.3. The first-order valence-electron chi connectivity index (χ1n) is 6.08. The van der Waals surface area contributed by atoms with Gasteiger partial charge in [0.25, 0.3) is 0 Å². The summed E-state index contributed by atoms with van der Waals surface area (Å²) in [7, 11) is 0. The number of nitrogens with zero attached hydrogens (tertiary/aromatic N) is 2. The van der Waals surface area contributed by atoms with E-state index in [2.05, 4.69) is 10.2 Å². The summed E-state index contributed by atoms with van der Waals surface area (Å²) in [6.45, 7) is 0. The molecule has 3 heteroatoms. The van der Waals surface area contributed by atoms with Gasteiger partial charge in [0.2, 0.25) is 0 Å². The fourth-order valence-corrected chi connectivity index (χ4v) is 2.00. The van der Waals surface area contributed by atoms with Crippen molar-refractivity contribution in [3.8, 4) is 22.4 Å². The van der Waals surface area contributed by atoms with E-state index in [1.165, 1.54) is 0 Å². The number of anilines is 1. The van der Waals surface area contributed by atoms with Crippen LogP contribution in [0.15, 0.2) is 66.7 Å². The molecular weight excluding hydrogens is 234 g/mol. The van der Waals surface area contributed by atoms with Crippen LogP contribution < -0.4 is 5.73 Å². The van der Waals surface area contributed by atoms with Crippen LogP contribution >= 0.6 is 0 Å². The Morgan fingerprint density at radius 1 is 0.684 bits per heavy atom. The molecule has 3 rings (SSSR count). The summed E-state index contributed by atoms with van der Waals surface area (Å²) in [5.41, 5.74) is 9.75. The molecule has 0 bridgehead atoms. The second-order valence-electron chi connectivity index (χ2n) is 4.26. The number of hydrogen-bond donors (Lipinski definition) is 1. The van der Waals surface area contributed by atoms with Crippen LogP contribution in [0.2, 0.25) is 0 Å². The van der Waals surface area contributed by atoms with Crippen molar-refractivity contribution >= 4 is 5.82 Å². The molecule has 2 N–H and O–H groups in total. The van der Waals surface area contributed by atoms with Crippen molar-refractivity contribution in [3.05, 3.63) is 66.7 Å². The van der Waals surface area contributed by atoms with E-state index < -0.39 is 0 Å². The molecule has 0 saturated heterocycles. The lowest BCUT2D eigenvalue weighted by Gasteiger charge is -2.07. The van der Waals surface area contributed by atoms with Crippen LogP contribution in [-0.4, -0.2) is 10.2 Å². The molecule has 0 saturated carbocycles. The molecule has 92 valence electrons. The molecule has 0 radical (unpaired) electrons. The number of nitrogens with two attached hydrogens (primary N) is 1. The second kappa shape index (κ2) is 4.90. The van der Waals surface area contributed by atoms with E-state index in [0.717, 1.165) is 22.4 Å². The van der Waals surface area contributed by atoms with Crippen molar-refractivity contribution in [2.45, 2.75) is 0 Å². The summed E-state index contributed by atoms with van der Waals surface area (Å²) in [5.74, 6) is 0.450. The van der Waals surface area contributed by atoms with Gasteiger partial charge in [0.15, 0.2) is 5.82 Å². The van der Waals surface area contributed by atoms with Crippen molar-refractivity contribution < 1.29 is 0 Å². The van der Waals surface area contributed by atoms with Gasteiger partial charge in [-0.1, -0.05) is 60.7 Å². The molecule has 0 fully saturated rings. The van der Waals surface area contributed by atoms with Gasteiger partial charge in [-0.25, -0.2) is 0 Å². The predicted molar refractivity (Wildman–Crippen MR) is 77.3 cm³/mol. The lowest BCUT2D eigenvalue weighted by atomic mass is 10.0. The van der Waals surface area contributed by atoms with Crippen molar-refractivity contribution in [2.24, 2.45) is 0 Å². The zero-order chi connectivity index (χ0) is 13.1. The van der Waals surface area contributed by atoms with Crippen molar-refractivity contribution in [2.75, 3.05) is 5.73 Å². The summed E-state index contributed by atoms with van der Waals surface area (Å²) >= 11 is 0. The van der Waals surface area contributed by atoms with Gasteiger partial charge in [-0.05, 0) is 11.6 Å². The molecule has 0 aliphatic heterocycles. The molecule has 2 aromatic carbocycles. The Hall–Kier alpha value is -2.68. The number of benzene rings is 2. The Morgan fingerprint density at radius 3 is 1.89 bits per heavy atom. The SMILES string of the molecule is Nc1nnc(-c2ccccc2)cc1-c1ccccc1.